The van der Waals surface area contributed by atoms with E-state index in [4.69, 9.17) is 9.41 Å². The molecular weight excluding hydrogens is 506 g/mol. The number of hydrogen-bond acceptors (Lipinski definition) is 7. The molecule has 7 nitrogen and oxygen atoms in total. The van der Waals surface area contributed by atoms with Gasteiger partial charge in [-0.1, -0.05) is 37.3 Å². The van der Waals surface area contributed by atoms with Crippen LogP contribution < -0.4 is 5.63 Å². The van der Waals surface area contributed by atoms with Gasteiger partial charge in [0.2, 0.25) is 0 Å². The predicted molar refractivity (Wildman–Crippen MR) is 152 cm³/mol. The van der Waals surface area contributed by atoms with Gasteiger partial charge in [-0.3, -0.25) is 4.99 Å². The number of hydrogen-bond donors (Lipinski definition) is 4. The minimum absolute atomic E-state index is 0.00842. The molecule has 7 heteroatoms. The third-order valence-electron chi connectivity index (χ3n) is 11.8. The van der Waals surface area contributed by atoms with E-state index >= 15 is 0 Å². The van der Waals surface area contributed by atoms with Crippen molar-refractivity contribution in [3.63, 3.8) is 0 Å². The molecule has 4 N–H and O–H groups in total. The largest absolute Gasteiger partial charge is 0.431 e. The highest BCUT2D eigenvalue weighted by atomic mass is 16.4. The summed E-state index contributed by atoms with van der Waals surface area (Å²) in [7, 11) is 0. The molecule has 0 spiro atoms. The van der Waals surface area contributed by atoms with E-state index in [0.29, 0.717) is 38.5 Å². The first-order chi connectivity index (χ1) is 19.0. The smallest absolute Gasteiger partial charge is 0.335 e. The van der Waals surface area contributed by atoms with E-state index in [1.807, 2.05) is 49.5 Å². The molecule has 4 fully saturated rings. The minimum Gasteiger partial charge on any atom is -0.431 e. The normalized spacial score (nSPS) is 42.5. The monoisotopic (exact) mass is 549 g/mol. The molecule has 1 heterocycles. The van der Waals surface area contributed by atoms with Crippen LogP contribution in [0.4, 0.5) is 0 Å². The van der Waals surface area contributed by atoms with Gasteiger partial charge in [0, 0.05) is 29.5 Å². The van der Waals surface area contributed by atoms with E-state index < -0.39 is 34.9 Å². The highest BCUT2D eigenvalue weighted by molar-refractivity contribution is 5.70. The van der Waals surface area contributed by atoms with Gasteiger partial charge in [-0.15, -0.1) is 0 Å². The molecule has 0 bridgehead atoms. The van der Waals surface area contributed by atoms with Crippen LogP contribution in [0.15, 0.2) is 62.9 Å². The summed E-state index contributed by atoms with van der Waals surface area (Å²) in [6, 6.07) is 12.4. The van der Waals surface area contributed by atoms with E-state index in [9.17, 15) is 25.2 Å². The fourth-order valence-electron chi connectivity index (χ4n) is 9.54. The second-order valence-electron chi connectivity index (χ2n) is 13.5. The lowest BCUT2D eigenvalue weighted by Crippen LogP contribution is -2.68. The summed E-state index contributed by atoms with van der Waals surface area (Å²) >= 11 is 0. The summed E-state index contributed by atoms with van der Waals surface area (Å²) in [6.45, 7) is 4.09. The SMILES string of the molecule is CC(N=CC12CCC(O)CC1(O)CCC1C2CCC2(C)C(c3ccc(=O)oc3)CCC12O)C(O)c1ccccc1. The van der Waals surface area contributed by atoms with Crippen molar-refractivity contribution in [2.45, 2.75) is 107 Å². The van der Waals surface area contributed by atoms with Gasteiger partial charge in [0.05, 0.1) is 29.6 Å². The molecule has 4 saturated carbocycles. The summed E-state index contributed by atoms with van der Waals surface area (Å²) in [5.41, 5.74) is -1.71. The lowest BCUT2D eigenvalue weighted by molar-refractivity contribution is -0.235. The topological polar surface area (TPSA) is 123 Å². The number of aliphatic hydroxyl groups excluding tert-OH is 2. The van der Waals surface area contributed by atoms with Crippen molar-refractivity contribution in [1.82, 2.24) is 0 Å². The molecule has 1 aromatic carbocycles. The number of benzene rings is 1. The Hall–Kier alpha value is -2.32. The van der Waals surface area contributed by atoms with Gasteiger partial charge in [0.1, 0.15) is 6.10 Å². The highest BCUT2D eigenvalue weighted by Crippen LogP contribution is 2.71. The Morgan fingerprint density at radius 3 is 2.45 bits per heavy atom. The molecular formula is C33H43NO6. The van der Waals surface area contributed by atoms with Gasteiger partial charge < -0.3 is 24.8 Å². The molecule has 0 saturated heterocycles. The van der Waals surface area contributed by atoms with Gasteiger partial charge in [-0.25, -0.2) is 4.79 Å². The Balaban J connectivity index is 1.35. The second kappa shape index (κ2) is 9.90. The number of nitrogens with zero attached hydrogens (tertiary/aromatic N) is 1. The van der Waals surface area contributed by atoms with Gasteiger partial charge >= 0.3 is 5.63 Å². The van der Waals surface area contributed by atoms with Crippen molar-refractivity contribution in [2.24, 2.45) is 27.7 Å². The van der Waals surface area contributed by atoms with Crippen molar-refractivity contribution in [1.29, 1.82) is 0 Å². The molecule has 4 aliphatic carbocycles. The molecule has 40 heavy (non-hydrogen) atoms. The fourth-order valence-corrected chi connectivity index (χ4v) is 9.54. The average Bonchev–Trinajstić information content (AvgIpc) is 3.23. The Morgan fingerprint density at radius 1 is 0.975 bits per heavy atom. The number of fused-ring (bicyclic) bond motifs is 5. The molecule has 10 unspecified atom stereocenters. The van der Waals surface area contributed by atoms with E-state index in [-0.39, 0.29) is 28.8 Å². The van der Waals surface area contributed by atoms with E-state index in [2.05, 4.69) is 6.92 Å². The van der Waals surface area contributed by atoms with Crippen LogP contribution in [-0.4, -0.2) is 50.0 Å². The van der Waals surface area contributed by atoms with Crippen molar-refractivity contribution in [3.8, 4) is 0 Å². The maximum atomic E-state index is 12.6. The minimum atomic E-state index is -1.11. The summed E-state index contributed by atoms with van der Waals surface area (Å²) in [5, 5.41) is 46.5. The van der Waals surface area contributed by atoms with Crippen LogP contribution in [0.3, 0.4) is 0 Å². The molecule has 4 aliphatic rings. The number of aliphatic imine (C=N–C) groups is 1. The molecule has 6 rings (SSSR count). The lowest BCUT2D eigenvalue weighted by Gasteiger charge is -2.65. The number of rotatable bonds is 5. The Labute approximate surface area is 236 Å². The van der Waals surface area contributed by atoms with Crippen LogP contribution in [-0.2, 0) is 0 Å². The van der Waals surface area contributed by atoms with Gasteiger partial charge in [-0.2, -0.15) is 0 Å². The zero-order valence-corrected chi connectivity index (χ0v) is 23.6. The van der Waals surface area contributed by atoms with E-state index in [0.717, 1.165) is 30.4 Å². The second-order valence-corrected chi connectivity index (χ2v) is 13.5. The predicted octanol–water partition coefficient (Wildman–Crippen LogP) is 4.53. The third-order valence-corrected chi connectivity index (χ3v) is 11.8. The van der Waals surface area contributed by atoms with Crippen LogP contribution in [0.1, 0.15) is 94.8 Å². The summed E-state index contributed by atoms with van der Waals surface area (Å²) < 4.78 is 5.22. The van der Waals surface area contributed by atoms with Gasteiger partial charge in [-0.05, 0) is 93.2 Å². The van der Waals surface area contributed by atoms with Crippen molar-refractivity contribution in [3.05, 3.63) is 70.3 Å². The van der Waals surface area contributed by atoms with Crippen LogP contribution in [0.2, 0.25) is 0 Å². The van der Waals surface area contributed by atoms with Crippen LogP contribution in [0.5, 0.6) is 0 Å². The molecule has 0 aliphatic heterocycles. The maximum Gasteiger partial charge on any atom is 0.335 e. The lowest BCUT2D eigenvalue weighted by atomic mass is 9.41. The molecule has 1 aromatic heterocycles. The van der Waals surface area contributed by atoms with Crippen molar-refractivity contribution < 1.29 is 24.8 Å². The fraction of sp³-hybridized carbons (Fsp3) is 0.636. The van der Waals surface area contributed by atoms with Crippen LogP contribution >= 0.6 is 0 Å². The molecule has 0 amide bonds. The third kappa shape index (κ3) is 4.07. The molecule has 10 atom stereocenters. The van der Waals surface area contributed by atoms with Crippen LogP contribution in [0, 0.1) is 22.7 Å². The quantitative estimate of drug-likeness (QED) is 0.407. The maximum absolute atomic E-state index is 12.6. The Bertz CT molecular complexity index is 1290. The summed E-state index contributed by atoms with van der Waals surface area (Å²) in [6.07, 6.45) is 7.92. The highest BCUT2D eigenvalue weighted by Gasteiger charge is 2.70. The zero-order chi connectivity index (χ0) is 28.3. The Morgan fingerprint density at radius 2 is 1.73 bits per heavy atom. The summed E-state index contributed by atoms with van der Waals surface area (Å²) in [5.74, 6) is 0.0693. The first-order valence-electron chi connectivity index (χ1n) is 15.0. The van der Waals surface area contributed by atoms with Crippen molar-refractivity contribution >= 4 is 6.21 Å². The van der Waals surface area contributed by atoms with E-state index in [1.54, 1.807) is 6.26 Å². The van der Waals surface area contributed by atoms with Gasteiger partial charge in [0.25, 0.3) is 0 Å². The Kier molecular flexibility index (Phi) is 6.89. The average molecular weight is 550 g/mol. The first-order valence-corrected chi connectivity index (χ1v) is 15.0. The van der Waals surface area contributed by atoms with E-state index in [1.165, 1.54) is 6.07 Å². The van der Waals surface area contributed by atoms with Crippen LogP contribution in [0.25, 0.3) is 0 Å². The first kappa shape index (κ1) is 27.8. The summed E-state index contributed by atoms with van der Waals surface area (Å²) in [4.78, 5) is 16.5. The standard InChI is InChI=1S/C33H43NO6/c1-21(29(37)22-6-4-3-5-7-22)34-20-31-15-10-24(35)18-32(31,38)16-12-27-26(31)11-14-30(2)25(13-17-33(27,30)39)23-8-9-28(36)40-19-23/h3-9,19-21,24-27,29,35,37-39H,10-18H2,1-2H3. The number of aliphatic hydroxyl groups is 4. The van der Waals surface area contributed by atoms with Gasteiger partial charge in [0.15, 0.2) is 0 Å². The van der Waals surface area contributed by atoms with Crippen molar-refractivity contribution in [2.75, 3.05) is 0 Å². The molecule has 0 radical (unpaired) electrons. The zero-order valence-electron chi connectivity index (χ0n) is 23.6. The molecule has 216 valence electrons. The molecule has 2 aromatic rings.